The molecule has 0 aliphatic rings. The van der Waals surface area contributed by atoms with Crippen LogP contribution in [0.3, 0.4) is 0 Å². The SMILES string of the molecule is CC(Cc1cccs1)Nc1nc2ccc(Cl)cn2n1. The van der Waals surface area contributed by atoms with E-state index < -0.39 is 0 Å². The maximum absolute atomic E-state index is 5.92. The van der Waals surface area contributed by atoms with E-state index in [2.05, 4.69) is 39.8 Å². The molecule has 3 aromatic heterocycles. The second-order valence-electron chi connectivity index (χ2n) is 4.41. The van der Waals surface area contributed by atoms with Crippen LogP contribution < -0.4 is 5.32 Å². The first kappa shape index (κ1) is 12.4. The quantitative estimate of drug-likeness (QED) is 0.800. The van der Waals surface area contributed by atoms with E-state index in [-0.39, 0.29) is 6.04 Å². The highest BCUT2D eigenvalue weighted by Crippen LogP contribution is 2.15. The van der Waals surface area contributed by atoms with Crippen LogP contribution in [-0.2, 0) is 6.42 Å². The van der Waals surface area contributed by atoms with Gasteiger partial charge in [0.2, 0.25) is 5.95 Å². The normalized spacial score (nSPS) is 12.7. The van der Waals surface area contributed by atoms with Crippen LogP contribution in [0, 0.1) is 0 Å². The second kappa shape index (κ2) is 5.19. The van der Waals surface area contributed by atoms with Gasteiger partial charge in [-0.3, -0.25) is 0 Å². The van der Waals surface area contributed by atoms with Crippen molar-refractivity contribution in [2.24, 2.45) is 0 Å². The number of anilines is 1. The number of rotatable bonds is 4. The van der Waals surface area contributed by atoms with Crippen molar-refractivity contribution in [3.8, 4) is 0 Å². The van der Waals surface area contributed by atoms with Crippen molar-refractivity contribution in [3.63, 3.8) is 0 Å². The molecule has 0 saturated heterocycles. The number of hydrogen-bond acceptors (Lipinski definition) is 4. The van der Waals surface area contributed by atoms with E-state index in [9.17, 15) is 0 Å². The topological polar surface area (TPSA) is 42.2 Å². The molecule has 6 heteroatoms. The minimum Gasteiger partial charge on any atom is -0.350 e. The van der Waals surface area contributed by atoms with E-state index in [0.717, 1.165) is 12.1 Å². The van der Waals surface area contributed by atoms with Gasteiger partial charge in [-0.15, -0.1) is 16.4 Å². The summed E-state index contributed by atoms with van der Waals surface area (Å²) >= 11 is 7.69. The number of thiophene rings is 1. The maximum atomic E-state index is 5.92. The minimum atomic E-state index is 0.284. The fourth-order valence-corrected chi connectivity index (χ4v) is 2.91. The molecule has 0 radical (unpaired) electrons. The zero-order valence-electron chi connectivity index (χ0n) is 10.4. The summed E-state index contributed by atoms with van der Waals surface area (Å²) in [6.45, 7) is 2.12. The molecule has 98 valence electrons. The second-order valence-corrected chi connectivity index (χ2v) is 5.88. The monoisotopic (exact) mass is 292 g/mol. The molecule has 3 aromatic rings. The summed E-state index contributed by atoms with van der Waals surface area (Å²) in [6.07, 6.45) is 2.72. The number of nitrogens with one attached hydrogen (secondary N) is 1. The van der Waals surface area contributed by atoms with Crippen LogP contribution >= 0.6 is 22.9 Å². The molecule has 4 nitrogen and oxygen atoms in total. The number of hydrogen-bond donors (Lipinski definition) is 1. The Hall–Kier alpha value is -1.59. The number of nitrogens with zero attached hydrogens (tertiary/aromatic N) is 3. The Morgan fingerprint density at radius 2 is 2.32 bits per heavy atom. The fraction of sp³-hybridized carbons (Fsp3) is 0.231. The van der Waals surface area contributed by atoms with E-state index in [1.807, 2.05) is 12.1 Å². The Balaban J connectivity index is 1.74. The van der Waals surface area contributed by atoms with Gasteiger partial charge in [0.1, 0.15) is 0 Å². The van der Waals surface area contributed by atoms with Gasteiger partial charge < -0.3 is 5.32 Å². The van der Waals surface area contributed by atoms with Crippen molar-refractivity contribution < 1.29 is 0 Å². The average Bonchev–Trinajstić information content (AvgIpc) is 2.97. The van der Waals surface area contributed by atoms with Crippen molar-refractivity contribution in [1.29, 1.82) is 0 Å². The van der Waals surface area contributed by atoms with Gasteiger partial charge >= 0.3 is 0 Å². The van der Waals surface area contributed by atoms with Crippen LogP contribution in [0.5, 0.6) is 0 Å². The summed E-state index contributed by atoms with van der Waals surface area (Å²) in [6, 6.07) is 8.15. The summed E-state index contributed by atoms with van der Waals surface area (Å²) in [5, 5.41) is 10.4. The predicted octanol–water partition coefficient (Wildman–Crippen LogP) is 3.49. The van der Waals surface area contributed by atoms with Gasteiger partial charge in [-0.05, 0) is 30.5 Å². The number of halogens is 1. The summed E-state index contributed by atoms with van der Waals surface area (Å²) < 4.78 is 1.68. The van der Waals surface area contributed by atoms with Crippen molar-refractivity contribution in [3.05, 3.63) is 45.7 Å². The van der Waals surface area contributed by atoms with Crippen molar-refractivity contribution >= 4 is 34.5 Å². The summed E-state index contributed by atoms with van der Waals surface area (Å²) in [5.41, 5.74) is 0.787. The van der Waals surface area contributed by atoms with Crippen molar-refractivity contribution in [2.45, 2.75) is 19.4 Å². The molecule has 3 heterocycles. The largest absolute Gasteiger partial charge is 0.350 e. The highest BCUT2D eigenvalue weighted by atomic mass is 35.5. The van der Waals surface area contributed by atoms with Gasteiger partial charge in [-0.2, -0.15) is 4.98 Å². The van der Waals surface area contributed by atoms with E-state index in [1.54, 1.807) is 22.0 Å². The third kappa shape index (κ3) is 2.88. The first-order chi connectivity index (χ1) is 9.20. The lowest BCUT2D eigenvalue weighted by molar-refractivity contribution is 0.784. The van der Waals surface area contributed by atoms with E-state index in [1.165, 1.54) is 4.88 Å². The molecule has 0 spiro atoms. The molecule has 0 amide bonds. The van der Waals surface area contributed by atoms with Gasteiger partial charge in [0.25, 0.3) is 0 Å². The third-order valence-corrected chi connectivity index (χ3v) is 3.88. The molecule has 3 rings (SSSR count). The van der Waals surface area contributed by atoms with E-state index in [0.29, 0.717) is 11.0 Å². The maximum Gasteiger partial charge on any atom is 0.243 e. The lowest BCUT2D eigenvalue weighted by atomic mass is 10.2. The number of fused-ring (bicyclic) bond motifs is 1. The molecule has 0 aromatic carbocycles. The molecular weight excluding hydrogens is 280 g/mol. The predicted molar refractivity (Wildman–Crippen MR) is 79.1 cm³/mol. The standard InChI is InChI=1S/C13H13ClN4S/c1-9(7-11-3-2-6-19-11)15-13-16-12-5-4-10(14)8-18(12)17-13/h2-6,8-9H,7H2,1H3,(H,15,17). The molecule has 0 saturated carbocycles. The highest BCUT2D eigenvalue weighted by molar-refractivity contribution is 7.09. The lowest BCUT2D eigenvalue weighted by Gasteiger charge is -2.10. The Morgan fingerprint density at radius 1 is 1.42 bits per heavy atom. The van der Waals surface area contributed by atoms with Crippen LogP contribution in [-0.4, -0.2) is 20.6 Å². The van der Waals surface area contributed by atoms with Crippen LogP contribution in [0.25, 0.3) is 5.65 Å². The zero-order chi connectivity index (χ0) is 13.2. The Bertz CT molecular complexity index is 677. The van der Waals surface area contributed by atoms with E-state index in [4.69, 9.17) is 11.6 Å². The van der Waals surface area contributed by atoms with Crippen LogP contribution in [0.2, 0.25) is 5.02 Å². The molecule has 0 aliphatic heterocycles. The fourth-order valence-electron chi connectivity index (χ4n) is 1.92. The molecule has 0 aliphatic carbocycles. The zero-order valence-corrected chi connectivity index (χ0v) is 11.9. The van der Waals surface area contributed by atoms with Gasteiger partial charge in [0, 0.05) is 23.5 Å². The smallest absolute Gasteiger partial charge is 0.243 e. The first-order valence-electron chi connectivity index (χ1n) is 6.01. The lowest BCUT2D eigenvalue weighted by Crippen LogP contribution is -2.18. The molecule has 1 atom stereocenters. The Kier molecular flexibility index (Phi) is 3.40. The molecular formula is C13H13ClN4S. The van der Waals surface area contributed by atoms with Gasteiger partial charge in [0.15, 0.2) is 5.65 Å². The van der Waals surface area contributed by atoms with E-state index >= 15 is 0 Å². The van der Waals surface area contributed by atoms with Gasteiger partial charge in [0.05, 0.1) is 5.02 Å². The summed E-state index contributed by atoms with van der Waals surface area (Å²) in [5.74, 6) is 0.631. The number of aromatic nitrogens is 3. The van der Waals surface area contributed by atoms with Crippen LogP contribution in [0.4, 0.5) is 5.95 Å². The summed E-state index contributed by atoms with van der Waals surface area (Å²) in [4.78, 5) is 5.76. The minimum absolute atomic E-state index is 0.284. The van der Waals surface area contributed by atoms with Crippen molar-refractivity contribution in [2.75, 3.05) is 5.32 Å². The van der Waals surface area contributed by atoms with Gasteiger partial charge in [-0.1, -0.05) is 17.7 Å². The van der Waals surface area contributed by atoms with Crippen LogP contribution in [0.15, 0.2) is 35.8 Å². The molecule has 0 bridgehead atoms. The molecule has 1 unspecified atom stereocenters. The first-order valence-corrected chi connectivity index (χ1v) is 7.27. The third-order valence-electron chi connectivity index (χ3n) is 2.76. The highest BCUT2D eigenvalue weighted by Gasteiger charge is 2.08. The molecule has 0 fully saturated rings. The molecule has 19 heavy (non-hydrogen) atoms. The summed E-state index contributed by atoms with van der Waals surface area (Å²) in [7, 11) is 0. The van der Waals surface area contributed by atoms with Crippen LogP contribution in [0.1, 0.15) is 11.8 Å². The molecule has 1 N–H and O–H groups in total. The van der Waals surface area contributed by atoms with Gasteiger partial charge in [-0.25, -0.2) is 4.52 Å². The Morgan fingerprint density at radius 3 is 3.11 bits per heavy atom. The Labute approximate surface area is 120 Å². The number of pyridine rings is 1. The van der Waals surface area contributed by atoms with Crippen molar-refractivity contribution in [1.82, 2.24) is 14.6 Å². The average molecular weight is 293 g/mol.